The summed E-state index contributed by atoms with van der Waals surface area (Å²) in [5, 5.41) is 0. The molecule has 1 atom stereocenters. The quantitative estimate of drug-likeness (QED) is 0.748. The van der Waals surface area contributed by atoms with Crippen molar-refractivity contribution in [2.45, 2.75) is 39.7 Å². The van der Waals surface area contributed by atoms with Gasteiger partial charge >= 0.3 is 0 Å². The SMILES string of the molecule is Cc1ccc(C(=O)N2CCC3(CCCN(Cc4cccc(F)c4F)C3)C2)cc1C. The summed E-state index contributed by atoms with van der Waals surface area (Å²) in [4.78, 5) is 17.2. The largest absolute Gasteiger partial charge is 0.338 e. The summed E-state index contributed by atoms with van der Waals surface area (Å²) >= 11 is 0. The van der Waals surface area contributed by atoms with Crippen molar-refractivity contribution in [3.05, 3.63) is 70.3 Å². The summed E-state index contributed by atoms with van der Waals surface area (Å²) < 4.78 is 27.6. The summed E-state index contributed by atoms with van der Waals surface area (Å²) in [5.74, 6) is -1.44. The van der Waals surface area contributed by atoms with Crippen LogP contribution in [0.1, 0.15) is 46.3 Å². The van der Waals surface area contributed by atoms with Gasteiger partial charge in [-0.05, 0) is 69.0 Å². The maximum Gasteiger partial charge on any atom is 0.253 e. The molecule has 1 amide bonds. The highest BCUT2D eigenvalue weighted by Crippen LogP contribution is 2.40. The third kappa shape index (κ3) is 4.06. The van der Waals surface area contributed by atoms with Gasteiger partial charge in [0.2, 0.25) is 0 Å². The van der Waals surface area contributed by atoms with Crippen LogP contribution in [0.15, 0.2) is 36.4 Å². The average Bonchev–Trinajstić information content (AvgIpc) is 3.10. The van der Waals surface area contributed by atoms with Gasteiger partial charge in [-0.2, -0.15) is 0 Å². The Morgan fingerprint density at radius 3 is 2.66 bits per heavy atom. The number of amides is 1. The van der Waals surface area contributed by atoms with Crippen LogP contribution in [0.25, 0.3) is 0 Å². The first-order valence-electron chi connectivity index (χ1n) is 10.4. The summed E-state index contributed by atoms with van der Waals surface area (Å²) in [7, 11) is 0. The van der Waals surface area contributed by atoms with Crippen LogP contribution in [0, 0.1) is 30.9 Å². The van der Waals surface area contributed by atoms with Crippen LogP contribution in [-0.4, -0.2) is 41.9 Å². The predicted molar refractivity (Wildman–Crippen MR) is 110 cm³/mol. The van der Waals surface area contributed by atoms with Crippen molar-refractivity contribution < 1.29 is 13.6 Å². The lowest BCUT2D eigenvalue weighted by Gasteiger charge is -2.40. The van der Waals surface area contributed by atoms with E-state index in [1.165, 1.54) is 5.56 Å². The molecule has 29 heavy (non-hydrogen) atoms. The fourth-order valence-electron chi connectivity index (χ4n) is 4.86. The van der Waals surface area contributed by atoms with Crippen molar-refractivity contribution >= 4 is 5.91 Å². The molecule has 0 aliphatic carbocycles. The van der Waals surface area contributed by atoms with E-state index in [1.807, 2.05) is 36.9 Å². The Morgan fingerprint density at radius 2 is 1.86 bits per heavy atom. The highest BCUT2D eigenvalue weighted by atomic mass is 19.2. The molecule has 1 unspecified atom stereocenters. The Kier molecular flexibility index (Phi) is 5.43. The Hall–Kier alpha value is -2.27. The molecule has 4 rings (SSSR count). The minimum Gasteiger partial charge on any atom is -0.338 e. The molecular weight excluding hydrogens is 370 g/mol. The molecule has 0 saturated carbocycles. The fraction of sp³-hybridized carbons (Fsp3) is 0.458. The fourth-order valence-corrected chi connectivity index (χ4v) is 4.86. The molecule has 2 aliphatic heterocycles. The number of nitrogens with zero attached hydrogens (tertiary/aromatic N) is 2. The molecule has 0 bridgehead atoms. The molecule has 2 heterocycles. The second-order valence-corrected chi connectivity index (χ2v) is 8.80. The van der Waals surface area contributed by atoms with Gasteiger partial charge in [-0.25, -0.2) is 8.78 Å². The second-order valence-electron chi connectivity index (χ2n) is 8.80. The summed E-state index contributed by atoms with van der Waals surface area (Å²) in [5.41, 5.74) is 3.53. The molecule has 154 valence electrons. The van der Waals surface area contributed by atoms with Crippen molar-refractivity contribution in [3.63, 3.8) is 0 Å². The molecule has 2 aromatic carbocycles. The van der Waals surface area contributed by atoms with E-state index in [-0.39, 0.29) is 11.3 Å². The molecule has 0 radical (unpaired) electrons. The van der Waals surface area contributed by atoms with Crippen molar-refractivity contribution in [1.82, 2.24) is 9.80 Å². The van der Waals surface area contributed by atoms with Crippen molar-refractivity contribution in [2.75, 3.05) is 26.2 Å². The molecular formula is C24H28F2N2O. The van der Waals surface area contributed by atoms with Crippen LogP contribution >= 0.6 is 0 Å². The number of carbonyl (C=O) groups excluding carboxylic acids is 1. The van der Waals surface area contributed by atoms with Crippen LogP contribution in [0.3, 0.4) is 0 Å². The van der Waals surface area contributed by atoms with Crippen molar-refractivity contribution in [2.24, 2.45) is 5.41 Å². The van der Waals surface area contributed by atoms with Gasteiger partial charge in [0, 0.05) is 42.7 Å². The number of hydrogen-bond acceptors (Lipinski definition) is 2. The highest BCUT2D eigenvalue weighted by Gasteiger charge is 2.43. The molecule has 2 fully saturated rings. The first kappa shape index (κ1) is 20.0. The van der Waals surface area contributed by atoms with Crippen LogP contribution in [0.2, 0.25) is 0 Å². The van der Waals surface area contributed by atoms with Gasteiger partial charge in [-0.15, -0.1) is 0 Å². The number of piperidine rings is 1. The Balaban J connectivity index is 1.44. The van der Waals surface area contributed by atoms with Gasteiger partial charge in [0.25, 0.3) is 5.91 Å². The third-order valence-corrected chi connectivity index (χ3v) is 6.65. The number of likely N-dealkylation sites (tertiary alicyclic amines) is 2. The summed E-state index contributed by atoms with van der Waals surface area (Å²) in [6, 6.07) is 10.3. The third-order valence-electron chi connectivity index (χ3n) is 6.65. The van der Waals surface area contributed by atoms with Crippen LogP contribution in [0.5, 0.6) is 0 Å². The van der Waals surface area contributed by atoms with Crippen LogP contribution in [0.4, 0.5) is 8.78 Å². The maximum atomic E-state index is 14.1. The van der Waals surface area contributed by atoms with E-state index in [0.717, 1.165) is 62.6 Å². The molecule has 3 nitrogen and oxygen atoms in total. The second kappa shape index (κ2) is 7.86. The van der Waals surface area contributed by atoms with E-state index in [4.69, 9.17) is 0 Å². The molecule has 0 N–H and O–H groups in total. The van der Waals surface area contributed by atoms with Crippen LogP contribution in [-0.2, 0) is 6.54 Å². The normalized spacial score (nSPS) is 22.4. The van der Waals surface area contributed by atoms with Gasteiger partial charge in [0.1, 0.15) is 0 Å². The molecule has 2 saturated heterocycles. The van der Waals surface area contributed by atoms with Crippen LogP contribution < -0.4 is 0 Å². The summed E-state index contributed by atoms with van der Waals surface area (Å²) in [6.07, 6.45) is 3.06. The Bertz CT molecular complexity index is 929. The molecule has 5 heteroatoms. The number of halogens is 2. The predicted octanol–water partition coefficient (Wildman–Crippen LogP) is 4.71. The van der Waals surface area contributed by atoms with E-state index < -0.39 is 11.6 Å². The topological polar surface area (TPSA) is 23.6 Å². The zero-order valence-corrected chi connectivity index (χ0v) is 17.2. The summed E-state index contributed by atoms with van der Waals surface area (Å²) in [6.45, 7) is 7.68. The maximum absolute atomic E-state index is 14.1. The number of benzene rings is 2. The Labute approximate surface area is 171 Å². The van der Waals surface area contributed by atoms with Gasteiger partial charge < -0.3 is 4.90 Å². The number of rotatable bonds is 3. The van der Waals surface area contributed by atoms with Gasteiger partial charge in [-0.3, -0.25) is 9.69 Å². The average molecular weight is 398 g/mol. The van der Waals surface area contributed by atoms with Crippen molar-refractivity contribution in [3.8, 4) is 0 Å². The smallest absolute Gasteiger partial charge is 0.253 e. The minimum atomic E-state index is -0.791. The first-order chi connectivity index (χ1) is 13.9. The monoisotopic (exact) mass is 398 g/mol. The highest BCUT2D eigenvalue weighted by molar-refractivity contribution is 5.94. The lowest BCUT2D eigenvalue weighted by atomic mass is 9.79. The first-order valence-corrected chi connectivity index (χ1v) is 10.4. The van der Waals surface area contributed by atoms with E-state index in [1.54, 1.807) is 12.1 Å². The lowest BCUT2D eigenvalue weighted by molar-refractivity contribution is 0.0672. The van der Waals surface area contributed by atoms with E-state index in [9.17, 15) is 13.6 Å². The van der Waals surface area contributed by atoms with Gasteiger partial charge in [0.05, 0.1) is 0 Å². The minimum absolute atomic E-state index is 0.0530. The molecule has 2 aliphatic rings. The van der Waals surface area contributed by atoms with Gasteiger partial charge in [0.15, 0.2) is 11.6 Å². The van der Waals surface area contributed by atoms with E-state index in [0.29, 0.717) is 12.1 Å². The lowest BCUT2D eigenvalue weighted by Crippen LogP contribution is -2.45. The number of carbonyl (C=O) groups is 1. The molecule has 0 aromatic heterocycles. The zero-order chi connectivity index (χ0) is 20.6. The van der Waals surface area contributed by atoms with Gasteiger partial charge in [-0.1, -0.05) is 18.2 Å². The molecule has 1 spiro atoms. The standard InChI is InChI=1S/C24H28F2N2O/c1-17-7-8-19(13-18(17)2)23(29)28-12-10-24(16-28)9-4-11-27(15-24)14-20-5-3-6-21(25)22(20)26/h3,5-8,13H,4,9-12,14-16H2,1-2H3. The molecule has 2 aromatic rings. The number of aryl methyl sites for hydroxylation is 2. The number of hydrogen-bond donors (Lipinski definition) is 0. The van der Waals surface area contributed by atoms with E-state index >= 15 is 0 Å². The van der Waals surface area contributed by atoms with E-state index in [2.05, 4.69) is 4.90 Å². The zero-order valence-electron chi connectivity index (χ0n) is 17.2. The van der Waals surface area contributed by atoms with Crippen molar-refractivity contribution in [1.29, 1.82) is 0 Å². The Morgan fingerprint density at radius 1 is 1.03 bits per heavy atom.